The summed E-state index contributed by atoms with van der Waals surface area (Å²) in [6, 6.07) is 8.08. The van der Waals surface area contributed by atoms with Crippen molar-refractivity contribution >= 4 is 11.5 Å². The van der Waals surface area contributed by atoms with Crippen LogP contribution in [-0.2, 0) is 4.79 Å². The van der Waals surface area contributed by atoms with Crippen molar-refractivity contribution in [3.8, 4) is 5.75 Å². The highest BCUT2D eigenvalue weighted by Gasteiger charge is 2.30. The Morgan fingerprint density at radius 3 is 2.70 bits per heavy atom. The van der Waals surface area contributed by atoms with Gasteiger partial charge in [0.1, 0.15) is 5.75 Å². The number of amides is 1. The first-order chi connectivity index (χ1) is 9.74. The number of ether oxygens (including phenoxy) is 1. The molecule has 0 aromatic heterocycles. The van der Waals surface area contributed by atoms with Crippen LogP contribution in [0.2, 0.25) is 0 Å². The Hall–Kier alpha value is -1.81. The minimum absolute atomic E-state index is 0.0788. The number of nitrogens with one attached hydrogen (secondary N) is 1. The van der Waals surface area contributed by atoms with Crippen molar-refractivity contribution in [2.75, 3.05) is 26.7 Å². The van der Waals surface area contributed by atoms with Crippen molar-refractivity contribution in [1.82, 2.24) is 10.2 Å². The summed E-state index contributed by atoms with van der Waals surface area (Å²) in [7, 11) is 1.82. The fraction of sp³-hybridized carbons (Fsp3) is 0.438. The average Bonchev–Trinajstić information content (AvgIpc) is 2.81. The standard InChI is InChI=1S/C16H20N2O2/c1-18-11-8-15(16(18)19)20-14-4-2-12(3-5-14)13-6-9-17-10-7-13/h2-6,15,17H,7-11H2,1H3. The van der Waals surface area contributed by atoms with E-state index in [1.807, 2.05) is 19.2 Å². The molecule has 0 spiro atoms. The number of benzene rings is 1. The number of likely N-dealkylation sites (N-methyl/N-ethyl adjacent to an activating group) is 1. The number of rotatable bonds is 3. The zero-order chi connectivity index (χ0) is 13.9. The summed E-state index contributed by atoms with van der Waals surface area (Å²) in [6.07, 6.45) is 3.75. The summed E-state index contributed by atoms with van der Waals surface area (Å²) >= 11 is 0. The van der Waals surface area contributed by atoms with Gasteiger partial charge in [-0.15, -0.1) is 0 Å². The molecule has 1 amide bonds. The fourth-order valence-corrected chi connectivity index (χ4v) is 2.70. The Labute approximate surface area is 119 Å². The summed E-state index contributed by atoms with van der Waals surface area (Å²) in [5, 5.41) is 3.31. The molecular weight excluding hydrogens is 252 g/mol. The van der Waals surface area contributed by atoms with Crippen molar-refractivity contribution in [3.63, 3.8) is 0 Å². The van der Waals surface area contributed by atoms with Crippen LogP contribution in [0.15, 0.2) is 30.3 Å². The summed E-state index contributed by atoms with van der Waals surface area (Å²) in [6.45, 7) is 2.75. The zero-order valence-electron chi connectivity index (χ0n) is 11.8. The van der Waals surface area contributed by atoms with Gasteiger partial charge in [-0.2, -0.15) is 0 Å². The van der Waals surface area contributed by atoms with Gasteiger partial charge < -0.3 is 15.0 Å². The fourth-order valence-electron chi connectivity index (χ4n) is 2.70. The molecule has 2 aliphatic heterocycles. The Morgan fingerprint density at radius 2 is 2.10 bits per heavy atom. The van der Waals surface area contributed by atoms with Gasteiger partial charge in [0.05, 0.1) is 0 Å². The van der Waals surface area contributed by atoms with Crippen LogP contribution in [0.3, 0.4) is 0 Å². The zero-order valence-corrected chi connectivity index (χ0v) is 11.8. The average molecular weight is 272 g/mol. The van der Waals surface area contributed by atoms with Crippen molar-refractivity contribution < 1.29 is 9.53 Å². The van der Waals surface area contributed by atoms with Crippen LogP contribution in [0.25, 0.3) is 5.57 Å². The highest BCUT2D eigenvalue weighted by atomic mass is 16.5. The molecule has 20 heavy (non-hydrogen) atoms. The molecule has 0 aliphatic carbocycles. The molecule has 1 saturated heterocycles. The summed E-state index contributed by atoms with van der Waals surface area (Å²) in [4.78, 5) is 13.5. The van der Waals surface area contributed by atoms with Crippen molar-refractivity contribution in [2.24, 2.45) is 0 Å². The summed E-state index contributed by atoms with van der Waals surface area (Å²) < 4.78 is 5.78. The van der Waals surface area contributed by atoms with Crippen LogP contribution in [0.4, 0.5) is 0 Å². The van der Waals surface area contributed by atoms with E-state index in [9.17, 15) is 4.79 Å². The van der Waals surface area contributed by atoms with E-state index in [0.717, 1.165) is 38.2 Å². The Balaban J connectivity index is 1.67. The smallest absolute Gasteiger partial charge is 0.263 e. The minimum atomic E-state index is -0.316. The van der Waals surface area contributed by atoms with E-state index < -0.39 is 0 Å². The first kappa shape index (κ1) is 13.2. The van der Waals surface area contributed by atoms with E-state index in [0.29, 0.717) is 0 Å². The Bertz CT molecular complexity index is 522. The highest BCUT2D eigenvalue weighted by molar-refractivity contribution is 5.83. The van der Waals surface area contributed by atoms with Gasteiger partial charge in [-0.25, -0.2) is 0 Å². The second kappa shape index (κ2) is 5.67. The van der Waals surface area contributed by atoms with Crippen LogP contribution in [0, 0.1) is 0 Å². The van der Waals surface area contributed by atoms with Crippen molar-refractivity contribution in [3.05, 3.63) is 35.9 Å². The number of hydrogen-bond acceptors (Lipinski definition) is 3. The first-order valence-corrected chi connectivity index (χ1v) is 7.16. The van der Waals surface area contributed by atoms with Crippen molar-refractivity contribution in [1.29, 1.82) is 0 Å². The molecule has 0 radical (unpaired) electrons. The van der Waals surface area contributed by atoms with Gasteiger partial charge in [0.15, 0.2) is 6.10 Å². The SMILES string of the molecule is CN1CCC(Oc2ccc(C3=CCNCC3)cc2)C1=O. The van der Waals surface area contributed by atoms with Crippen LogP contribution in [0.5, 0.6) is 5.75 Å². The number of likely N-dealkylation sites (tertiary alicyclic amines) is 1. The molecule has 1 fully saturated rings. The van der Waals surface area contributed by atoms with Gasteiger partial charge in [-0.1, -0.05) is 18.2 Å². The number of carbonyl (C=O) groups is 1. The Morgan fingerprint density at radius 1 is 1.30 bits per heavy atom. The van der Waals surface area contributed by atoms with Gasteiger partial charge >= 0.3 is 0 Å². The van der Waals surface area contributed by atoms with Gasteiger partial charge in [0, 0.05) is 26.6 Å². The van der Waals surface area contributed by atoms with Crippen LogP contribution in [-0.4, -0.2) is 43.6 Å². The van der Waals surface area contributed by atoms with E-state index in [1.165, 1.54) is 11.1 Å². The maximum atomic E-state index is 11.8. The van der Waals surface area contributed by atoms with Gasteiger partial charge in [0.25, 0.3) is 5.91 Å². The second-order valence-electron chi connectivity index (χ2n) is 5.36. The van der Waals surface area contributed by atoms with E-state index in [4.69, 9.17) is 4.74 Å². The van der Waals surface area contributed by atoms with Crippen molar-refractivity contribution in [2.45, 2.75) is 18.9 Å². The lowest BCUT2D eigenvalue weighted by atomic mass is 10.0. The molecule has 0 bridgehead atoms. The molecule has 4 heteroatoms. The first-order valence-electron chi connectivity index (χ1n) is 7.16. The molecule has 1 aromatic rings. The molecule has 2 aliphatic rings. The summed E-state index contributed by atoms with van der Waals surface area (Å²) in [5.74, 6) is 0.854. The minimum Gasteiger partial charge on any atom is -0.481 e. The normalized spacial score (nSPS) is 22.9. The predicted molar refractivity (Wildman–Crippen MR) is 78.6 cm³/mol. The maximum Gasteiger partial charge on any atom is 0.263 e. The van der Waals surface area contributed by atoms with E-state index in [1.54, 1.807) is 4.90 Å². The monoisotopic (exact) mass is 272 g/mol. The molecule has 106 valence electrons. The number of carbonyl (C=O) groups excluding carboxylic acids is 1. The van der Waals surface area contributed by atoms with Crippen LogP contribution < -0.4 is 10.1 Å². The van der Waals surface area contributed by atoms with Gasteiger partial charge in [0.2, 0.25) is 0 Å². The van der Waals surface area contributed by atoms with Crippen LogP contribution >= 0.6 is 0 Å². The highest BCUT2D eigenvalue weighted by Crippen LogP contribution is 2.24. The predicted octanol–water partition coefficient (Wildman–Crippen LogP) is 1.67. The third-order valence-electron chi connectivity index (χ3n) is 3.95. The largest absolute Gasteiger partial charge is 0.481 e. The molecule has 1 aromatic carbocycles. The lowest BCUT2D eigenvalue weighted by Crippen LogP contribution is -2.29. The van der Waals surface area contributed by atoms with E-state index in [2.05, 4.69) is 23.5 Å². The van der Waals surface area contributed by atoms with Gasteiger partial charge in [-0.3, -0.25) is 4.79 Å². The molecule has 1 N–H and O–H groups in total. The van der Waals surface area contributed by atoms with E-state index >= 15 is 0 Å². The quantitative estimate of drug-likeness (QED) is 0.910. The topological polar surface area (TPSA) is 41.6 Å². The van der Waals surface area contributed by atoms with Crippen LogP contribution in [0.1, 0.15) is 18.4 Å². The Kier molecular flexibility index (Phi) is 3.74. The van der Waals surface area contributed by atoms with Gasteiger partial charge in [-0.05, 0) is 36.2 Å². The van der Waals surface area contributed by atoms with E-state index in [-0.39, 0.29) is 12.0 Å². The second-order valence-corrected chi connectivity index (χ2v) is 5.36. The molecule has 4 nitrogen and oxygen atoms in total. The lowest BCUT2D eigenvalue weighted by Gasteiger charge is -2.16. The lowest BCUT2D eigenvalue weighted by molar-refractivity contribution is -0.132. The molecule has 0 saturated carbocycles. The molecule has 1 atom stereocenters. The third-order valence-corrected chi connectivity index (χ3v) is 3.95. The third kappa shape index (κ3) is 2.70. The number of nitrogens with zero attached hydrogens (tertiary/aromatic N) is 1. The summed E-state index contributed by atoms with van der Waals surface area (Å²) in [5.41, 5.74) is 2.63. The molecule has 3 rings (SSSR count). The number of hydrogen-bond donors (Lipinski definition) is 1. The molecule has 1 unspecified atom stereocenters. The molecule has 2 heterocycles. The maximum absolute atomic E-state index is 11.8. The molecular formula is C16H20N2O2.